The molecular formula is C28H36N2O6S. The summed E-state index contributed by atoms with van der Waals surface area (Å²) in [5.41, 5.74) is 1.48. The molecule has 9 heteroatoms. The van der Waals surface area contributed by atoms with Crippen molar-refractivity contribution in [1.29, 1.82) is 0 Å². The van der Waals surface area contributed by atoms with Gasteiger partial charge in [0.05, 0.1) is 11.9 Å². The zero-order chi connectivity index (χ0) is 27.2. The van der Waals surface area contributed by atoms with Crippen LogP contribution in [0.25, 0.3) is 0 Å². The number of nitrogens with zero attached hydrogens (tertiary/aromatic N) is 1. The Hall–Kier alpha value is -2.88. The van der Waals surface area contributed by atoms with Crippen molar-refractivity contribution in [2.45, 2.75) is 63.0 Å². The van der Waals surface area contributed by atoms with E-state index in [-0.39, 0.29) is 35.8 Å². The van der Waals surface area contributed by atoms with Gasteiger partial charge in [-0.05, 0) is 51.3 Å². The minimum absolute atomic E-state index is 0.0185. The quantitative estimate of drug-likeness (QED) is 0.384. The van der Waals surface area contributed by atoms with Gasteiger partial charge in [-0.25, -0.2) is 0 Å². The van der Waals surface area contributed by atoms with Gasteiger partial charge in [0, 0.05) is 36.0 Å². The number of phenolic OH excluding ortho intramolecular Hbond substituents is 1. The zero-order valence-electron chi connectivity index (χ0n) is 21.8. The van der Waals surface area contributed by atoms with Gasteiger partial charge >= 0.3 is 0 Å². The van der Waals surface area contributed by atoms with E-state index in [1.165, 1.54) is 22.7 Å². The fourth-order valence-corrected chi connectivity index (χ4v) is 5.78. The standard InChI is InChI=1S/C28H36N2O6S/c1-18-20(12-8-13-22(18)31)26(34)29-21(16-19-10-6-5-7-11-19)24(33)27(35)30-17-37-28(2,3)25(30)23(32)14-9-15-36-4/h5-8,10-13,21,24-25,31,33H,9,14-17H2,1-4H3,(H,29,34). The number of hydrogen-bond acceptors (Lipinski definition) is 7. The van der Waals surface area contributed by atoms with E-state index in [0.29, 0.717) is 18.6 Å². The number of Topliss-reactive ketones (excluding diaryl/α,β-unsaturated/α-hetero) is 1. The Kier molecular flexibility index (Phi) is 9.75. The highest BCUT2D eigenvalue weighted by molar-refractivity contribution is 8.00. The molecule has 0 spiro atoms. The summed E-state index contributed by atoms with van der Waals surface area (Å²) in [7, 11) is 1.57. The molecule has 3 rings (SSSR count). The summed E-state index contributed by atoms with van der Waals surface area (Å²) in [5.74, 6) is -0.940. The molecule has 1 heterocycles. The second-order valence-electron chi connectivity index (χ2n) is 9.81. The highest BCUT2D eigenvalue weighted by Crippen LogP contribution is 2.40. The number of carbonyl (C=O) groups excluding carboxylic acids is 3. The van der Waals surface area contributed by atoms with Crippen LogP contribution in [-0.2, 0) is 20.7 Å². The van der Waals surface area contributed by atoms with E-state index in [0.717, 1.165) is 5.56 Å². The van der Waals surface area contributed by atoms with Crippen molar-refractivity contribution in [3.8, 4) is 5.75 Å². The molecule has 3 N–H and O–H groups in total. The van der Waals surface area contributed by atoms with Crippen molar-refractivity contribution in [2.24, 2.45) is 0 Å². The number of phenols is 1. The molecule has 0 bridgehead atoms. The Morgan fingerprint density at radius 2 is 1.86 bits per heavy atom. The molecule has 37 heavy (non-hydrogen) atoms. The first-order chi connectivity index (χ1) is 17.6. The Balaban J connectivity index is 1.86. The number of ketones is 1. The number of thioether (sulfide) groups is 1. The predicted molar refractivity (Wildman–Crippen MR) is 144 cm³/mol. The predicted octanol–water partition coefficient (Wildman–Crippen LogP) is 3.08. The van der Waals surface area contributed by atoms with Crippen LogP contribution in [0.4, 0.5) is 0 Å². The van der Waals surface area contributed by atoms with Crippen LogP contribution in [0.5, 0.6) is 5.75 Å². The maximum atomic E-state index is 13.6. The first kappa shape index (κ1) is 28.7. The van der Waals surface area contributed by atoms with Crippen LogP contribution < -0.4 is 5.32 Å². The Morgan fingerprint density at radius 3 is 2.54 bits per heavy atom. The Morgan fingerprint density at radius 1 is 1.16 bits per heavy atom. The monoisotopic (exact) mass is 528 g/mol. The number of nitrogens with one attached hydrogen (secondary N) is 1. The number of amides is 2. The van der Waals surface area contributed by atoms with E-state index >= 15 is 0 Å². The topological polar surface area (TPSA) is 116 Å². The van der Waals surface area contributed by atoms with Gasteiger partial charge in [-0.1, -0.05) is 36.4 Å². The summed E-state index contributed by atoms with van der Waals surface area (Å²) in [6.45, 7) is 5.91. The lowest BCUT2D eigenvalue weighted by Gasteiger charge is -2.33. The number of rotatable bonds is 11. The first-order valence-electron chi connectivity index (χ1n) is 12.3. The van der Waals surface area contributed by atoms with Crippen LogP contribution in [0.1, 0.15) is 48.2 Å². The second kappa shape index (κ2) is 12.6. The summed E-state index contributed by atoms with van der Waals surface area (Å²) in [4.78, 5) is 41.4. The maximum absolute atomic E-state index is 13.6. The summed E-state index contributed by atoms with van der Waals surface area (Å²) < 4.78 is 4.55. The minimum Gasteiger partial charge on any atom is -0.508 e. The molecule has 1 saturated heterocycles. The van der Waals surface area contributed by atoms with E-state index in [1.807, 2.05) is 44.2 Å². The molecule has 2 amide bonds. The average molecular weight is 529 g/mol. The number of aromatic hydroxyl groups is 1. The molecule has 2 aromatic carbocycles. The largest absolute Gasteiger partial charge is 0.508 e. The lowest BCUT2D eigenvalue weighted by Crippen LogP contribution is -2.57. The van der Waals surface area contributed by atoms with E-state index in [4.69, 9.17) is 4.74 Å². The third-order valence-corrected chi connectivity index (χ3v) is 8.08. The molecule has 200 valence electrons. The molecule has 0 radical (unpaired) electrons. The average Bonchev–Trinajstić information content (AvgIpc) is 3.19. The minimum atomic E-state index is -1.58. The van der Waals surface area contributed by atoms with E-state index < -0.39 is 34.7 Å². The SMILES string of the molecule is COCCCC(=O)C1N(C(=O)C(O)C(Cc2ccccc2)NC(=O)c2cccc(O)c2C)CSC1(C)C. The van der Waals surface area contributed by atoms with E-state index in [9.17, 15) is 24.6 Å². The number of methoxy groups -OCH3 is 1. The van der Waals surface area contributed by atoms with Crippen LogP contribution in [0.3, 0.4) is 0 Å². The van der Waals surface area contributed by atoms with Gasteiger partial charge in [0.2, 0.25) is 0 Å². The smallest absolute Gasteiger partial charge is 0.254 e. The van der Waals surface area contributed by atoms with Crippen LogP contribution in [0.15, 0.2) is 48.5 Å². The number of hydrogen-bond donors (Lipinski definition) is 3. The van der Waals surface area contributed by atoms with Crippen molar-refractivity contribution < 1.29 is 29.3 Å². The Labute approximate surface area is 222 Å². The molecule has 0 aliphatic carbocycles. The highest BCUT2D eigenvalue weighted by Gasteiger charge is 2.49. The summed E-state index contributed by atoms with van der Waals surface area (Å²) >= 11 is 1.49. The fraction of sp³-hybridized carbons (Fsp3) is 0.464. The van der Waals surface area contributed by atoms with Crippen LogP contribution in [-0.4, -0.2) is 75.2 Å². The molecule has 1 aliphatic rings. The number of benzene rings is 2. The van der Waals surface area contributed by atoms with Gasteiger partial charge in [-0.15, -0.1) is 11.8 Å². The van der Waals surface area contributed by atoms with Crippen molar-refractivity contribution in [1.82, 2.24) is 10.2 Å². The molecule has 2 aromatic rings. The van der Waals surface area contributed by atoms with Crippen LogP contribution in [0.2, 0.25) is 0 Å². The molecule has 1 aliphatic heterocycles. The highest BCUT2D eigenvalue weighted by atomic mass is 32.2. The summed E-state index contributed by atoms with van der Waals surface area (Å²) in [5, 5.41) is 24.1. The third-order valence-electron chi connectivity index (χ3n) is 6.70. The first-order valence-corrected chi connectivity index (χ1v) is 13.3. The van der Waals surface area contributed by atoms with Crippen molar-refractivity contribution in [2.75, 3.05) is 19.6 Å². The van der Waals surface area contributed by atoms with Crippen LogP contribution >= 0.6 is 11.8 Å². The summed E-state index contributed by atoms with van der Waals surface area (Å²) in [6, 6.07) is 12.2. The molecular weight excluding hydrogens is 492 g/mol. The van der Waals surface area contributed by atoms with Gasteiger partial charge in [-0.2, -0.15) is 0 Å². The molecule has 0 aromatic heterocycles. The summed E-state index contributed by atoms with van der Waals surface area (Å²) in [6.07, 6.45) is -0.560. The van der Waals surface area contributed by atoms with Gasteiger partial charge in [-0.3, -0.25) is 14.4 Å². The number of carbonyl (C=O) groups is 3. The second-order valence-corrected chi connectivity index (χ2v) is 11.4. The van der Waals surface area contributed by atoms with Crippen LogP contribution in [0, 0.1) is 6.92 Å². The zero-order valence-corrected chi connectivity index (χ0v) is 22.6. The third kappa shape index (κ3) is 6.91. The molecule has 1 fully saturated rings. The molecule has 3 unspecified atom stereocenters. The van der Waals surface area contributed by atoms with Gasteiger partial charge < -0.3 is 25.2 Å². The lowest BCUT2D eigenvalue weighted by molar-refractivity contribution is -0.146. The normalized spacial score (nSPS) is 18.3. The van der Waals surface area contributed by atoms with E-state index in [2.05, 4.69) is 5.32 Å². The van der Waals surface area contributed by atoms with Gasteiger partial charge in [0.15, 0.2) is 11.9 Å². The molecule has 8 nitrogen and oxygen atoms in total. The van der Waals surface area contributed by atoms with Crippen molar-refractivity contribution in [3.05, 3.63) is 65.2 Å². The van der Waals surface area contributed by atoms with Gasteiger partial charge in [0.25, 0.3) is 11.8 Å². The maximum Gasteiger partial charge on any atom is 0.254 e. The fourth-order valence-electron chi connectivity index (χ4n) is 4.61. The number of aliphatic hydroxyl groups is 1. The number of aliphatic hydroxyl groups excluding tert-OH is 1. The Bertz CT molecular complexity index is 1110. The lowest BCUT2D eigenvalue weighted by atomic mass is 9.93. The number of ether oxygens (including phenoxy) is 1. The molecule has 0 saturated carbocycles. The van der Waals surface area contributed by atoms with Crippen molar-refractivity contribution in [3.63, 3.8) is 0 Å². The molecule has 3 atom stereocenters. The van der Waals surface area contributed by atoms with Gasteiger partial charge in [0.1, 0.15) is 11.8 Å². The van der Waals surface area contributed by atoms with E-state index in [1.54, 1.807) is 26.2 Å². The van der Waals surface area contributed by atoms with Crippen molar-refractivity contribution >= 4 is 29.4 Å².